The summed E-state index contributed by atoms with van der Waals surface area (Å²) in [6, 6.07) is 15.8. The Hall–Kier alpha value is -1.96. The third-order valence-corrected chi connectivity index (χ3v) is 2.98. The molecule has 18 heavy (non-hydrogen) atoms. The van der Waals surface area contributed by atoms with Gasteiger partial charge in [-0.1, -0.05) is 38.1 Å². The molecule has 0 heterocycles. The van der Waals surface area contributed by atoms with E-state index in [0.29, 0.717) is 11.7 Å². The summed E-state index contributed by atoms with van der Waals surface area (Å²) in [6.45, 7) is 5.10. The first-order valence-corrected chi connectivity index (χ1v) is 6.27. The average Bonchev–Trinajstić information content (AvgIpc) is 2.37. The van der Waals surface area contributed by atoms with E-state index in [-0.39, 0.29) is 0 Å². The summed E-state index contributed by atoms with van der Waals surface area (Å²) >= 11 is 0. The monoisotopic (exact) mass is 241 g/mol. The molecule has 0 aromatic heterocycles. The maximum absolute atomic E-state index is 9.38. The van der Waals surface area contributed by atoms with Crippen LogP contribution in [0.5, 0.6) is 5.75 Å². The summed E-state index contributed by atoms with van der Waals surface area (Å²) in [6.07, 6.45) is 0. The predicted molar refractivity (Wildman–Crippen MR) is 76.0 cm³/mol. The number of phenols is 1. The van der Waals surface area contributed by atoms with Gasteiger partial charge in [-0.2, -0.15) is 0 Å². The molecule has 2 aromatic rings. The van der Waals surface area contributed by atoms with Gasteiger partial charge in [-0.15, -0.1) is 0 Å². The third-order valence-electron chi connectivity index (χ3n) is 2.98. The summed E-state index contributed by atoms with van der Waals surface area (Å²) in [5.41, 5.74) is 3.52. The molecule has 0 unspecified atom stereocenters. The molecule has 0 aliphatic carbocycles. The van der Waals surface area contributed by atoms with Gasteiger partial charge in [0.2, 0.25) is 0 Å². The number of phenolic OH excluding ortho intramolecular Hbond substituents is 1. The molecule has 0 atom stereocenters. The lowest BCUT2D eigenvalue weighted by molar-refractivity contribution is 0.474. The van der Waals surface area contributed by atoms with Crippen molar-refractivity contribution in [2.75, 3.05) is 5.32 Å². The van der Waals surface area contributed by atoms with Crippen molar-refractivity contribution in [3.05, 3.63) is 59.7 Å². The number of anilines is 1. The highest BCUT2D eigenvalue weighted by molar-refractivity contribution is 5.46. The molecule has 0 aliphatic heterocycles. The van der Waals surface area contributed by atoms with Gasteiger partial charge in [0.05, 0.1) is 0 Å². The number of aromatic hydroxyl groups is 1. The molecule has 2 nitrogen and oxygen atoms in total. The van der Waals surface area contributed by atoms with E-state index in [0.717, 1.165) is 17.8 Å². The first-order valence-electron chi connectivity index (χ1n) is 6.27. The van der Waals surface area contributed by atoms with Crippen LogP contribution in [0.2, 0.25) is 0 Å². The topological polar surface area (TPSA) is 32.3 Å². The van der Waals surface area contributed by atoms with Crippen LogP contribution < -0.4 is 5.32 Å². The van der Waals surface area contributed by atoms with Gasteiger partial charge in [-0.3, -0.25) is 0 Å². The standard InChI is InChI=1S/C16H19NO/c1-12(2)14-6-8-15(9-7-14)17-11-13-4-3-5-16(18)10-13/h3-10,12,17-18H,11H2,1-2H3. The highest BCUT2D eigenvalue weighted by atomic mass is 16.3. The summed E-state index contributed by atoms with van der Waals surface area (Å²) in [4.78, 5) is 0. The van der Waals surface area contributed by atoms with Crippen molar-refractivity contribution in [3.63, 3.8) is 0 Å². The molecule has 0 saturated heterocycles. The molecular weight excluding hydrogens is 222 g/mol. The third kappa shape index (κ3) is 3.27. The SMILES string of the molecule is CC(C)c1ccc(NCc2cccc(O)c2)cc1. The molecule has 0 amide bonds. The first-order chi connectivity index (χ1) is 8.65. The summed E-state index contributed by atoms with van der Waals surface area (Å²) in [7, 11) is 0. The Balaban J connectivity index is 1.98. The molecule has 0 bridgehead atoms. The summed E-state index contributed by atoms with van der Waals surface area (Å²) in [5.74, 6) is 0.870. The molecule has 2 rings (SSSR count). The largest absolute Gasteiger partial charge is 0.508 e. The lowest BCUT2D eigenvalue weighted by Crippen LogP contribution is -1.99. The van der Waals surface area contributed by atoms with Gasteiger partial charge in [0.1, 0.15) is 5.75 Å². The van der Waals surface area contributed by atoms with Crippen LogP contribution in [0.1, 0.15) is 30.9 Å². The highest BCUT2D eigenvalue weighted by Crippen LogP contribution is 2.18. The van der Waals surface area contributed by atoms with Crippen molar-refractivity contribution in [1.82, 2.24) is 0 Å². The van der Waals surface area contributed by atoms with Crippen LogP contribution in [0, 0.1) is 0 Å². The number of hydrogen-bond acceptors (Lipinski definition) is 2. The average molecular weight is 241 g/mol. The minimum absolute atomic E-state index is 0.310. The molecule has 2 N–H and O–H groups in total. The molecule has 0 saturated carbocycles. The van der Waals surface area contributed by atoms with Gasteiger partial charge in [0.15, 0.2) is 0 Å². The van der Waals surface area contributed by atoms with Crippen LogP contribution in [-0.4, -0.2) is 5.11 Å². The van der Waals surface area contributed by atoms with Gasteiger partial charge in [-0.05, 0) is 41.3 Å². The molecule has 0 aliphatic rings. The normalized spacial score (nSPS) is 10.6. The Morgan fingerprint density at radius 1 is 1.06 bits per heavy atom. The van der Waals surface area contributed by atoms with E-state index >= 15 is 0 Å². The molecule has 2 heteroatoms. The Bertz CT molecular complexity index is 503. The fourth-order valence-electron chi connectivity index (χ4n) is 1.86. The second kappa shape index (κ2) is 5.58. The van der Waals surface area contributed by atoms with Crippen LogP contribution >= 0.6 is 0 Å². The van der Waals surface area contributed by atoms with E-state index in [1.54, 1.807) is 12.1 Å². The van der Waals surface area contributed by atoms with Crippen molar-refractivity contribution < 1.29 is 5.11 Å². The molecular formula is C16H19NO. The van der Waals surface area contributed by atoms with Gasteiger partial charge in [0, 0.05) is 12.2 Å². The zero-order valence-corrected chi connectivity index (χ0v) is 10.9. The molecule has 0 spiro atoms. The first kappa shape index (κ1) is 12.5. The van der Waals surface area contributed by atoms with Crippen molar-refractivity contribution in [2.24, 2.45) is 0 Å². The van der Waals surface area contributed by atoms with Crippen molar-refractivity contribution in [2.45, 2.75) is 26.3 Å². The zero-order valence-electron chi connectivity index (χ0n) is 10.9. The highest BCUT2D eigenvalue weighted by Gasteiger charge is 1.99. The lowest BCUT2D eigenvalue weighted by atomic mass is 10.0. The van der Waals surface area contributed by atoms with Crippen LogP contribution in [0.15, 0.2) is 48.5 Å². The molecule has 0 fully saturated rings. The zero-order chi connectivity index (χ0) is 13.0. The van der Waals surface area contributed by atoms with Crippen LogP contribution in [0.4, 0.5) is 5.69 Å². The van der Waals surface area contributed by atoms with E-state index in [1.807, 2.05) is 12.1 Å². The maximum atomic E-state index is 9.38. The Kier molecular flexibility index (Phi) is 3.88. The quantitative estimate of drug-likeness (QED) is 0.843. The number of hydrogen-bond donors (Lipinski definition) is 2. The van der Waals surface area contributed by atoms with Crippen molar-refractivity contribution >= 4 is 5.69 Å². The fourth-order valence-corrected chi connectivity index (χ4v) is 1.86. The van der Waals surface area contributed by atoms with Crippen LogP contribution in [-0.2, 0) is 6.54 Å². The van der Waals surface area contributed by atoms with Crippen molar-refractivity contribution in [3.8, 4) is 5.75 Å². The minimum Gasteiger partial charge on any atom is -0.508 e. The second-order valence-corrected chi connectivity index (χ2v) is 4.80. The van der Waals surface area contributed by atoms with Gasteiger partial charge >= 0.3 is 0 Å². The van der Waals surface area contributed by atoms with Crippen LogP contribution in [0.3, 0.4) is 0 Å². The Morgan fingerprint density at radius 3 is 2.39 bits per heavy atom. The summed E-state index contributed by atoms with van der Waals surface area (Å²) in [5, 5.41) is 12.7. The fraction of sp³-hybridized carbons (Fsp3) is 0.250. The van der Waals surface area contributed by atoms with E-state index < -0.39 is 0 Å². The van der Waals surface area contributed by atoms with E-state index in [1.165, 1.54) is 5.56 Å². The van der Waals surface area contributed by atoms with Gasteiger partial charge in [0.25, 0.3) is 0 Å². The molecule has 2 aromatic carbocycles. The number of rotatable bonds is 4. The van der Waals surface area contributed by atoms with E-state index in [9.17, 15) is 5.11 Å². The van der Waals surface area contributed by atoms with Crippen LogP contribution in [0.25, 0.3) is 0 Å². The number of nitrogens with one attached hydrogen (secondary N) is 1. The minimum atomic E-state index is 0.310. The number of benzene rings is 2. The molecule has 94 valence electrons. The Labute approximate surface area is 108 Å². The summed E-state index contributed by atoms with van der Waals surface area (Å²) < 4.78 is 0. The Morgan fingerprint density at radius 2 is 1.78 bits per heavy atom. The van der Waals surface area contributed by atoms with E-state index in [2.05, 4.69) is 43.4 Å². The van der Waals surface area contributed by atoms with E-state index in [4.69, 9.17) is 0 Å². The maximum Gasteiger partial charge on any atom is 0.115 e. The van der Waals surface area contributed by atoms with Gasteiger partial charge in [-0.25, -0.2) is 0 Å². The van der Waals surface area contributed by atoms with Crippen molar-refractivity contribution in [1.29, 1.82) is 0 Å². The molecule has 0 radical (unpaired) electrons. The van der Waals surface area contributed by atoms with Gasteiger partial charge < -0.3 is 10.4 Å². The smallest absolute Gasteiger partial charge is 0.115 e. The predicted octanol–water partition coefficient (Wildman–Crippen LogP) is 4.13. The lowest BCUT2D eigenvalue weighted by Gasteiger charge is -2.09. The second-order valence-electron chi connectivity index (χ2n) is 4.80.